The maximum Gasteiger partial charge on any atom is 0.270 e. The summed E-state index contributed by atoms with van der Waals surface area (Å²) in [6, 6.07) is 9.20. The number of hydrogen-bond acceptors (Lipinski definition) is 5. The molecule has 0 aliphatic carbocycles. The molecular formula is C16H13FN2O3S. The summed E-state index contributed by atoms with van der Waals surface area (Å²) in [5.74, 6) is -0.328. The SMILES string of the molecule is O=C(NCC(O)c1ccco1)c1csc(-c2ccc(F)cc2)n1. The van der Waals surface area contributed by atoms with Gasteiger partial charge in [-0.3, -0.25) is 4.79 Å². The third-order valence-electron chi connectivity index (χ3n) is 3.16. The average Bonchev–Trinajstić information content (AvgIpc) is 3.24. The number of nitrogens with one attached hydrogen (secondary N) is 1. The number of aliphatic hydroxyl groups excluding tert-OH is 1. The van der Waals surface area contributed by atoms with Crippen molar-refractivity contribution in [2.45, 2.75) is 6.10 Å². The van der Waals surface area contributed by atoms with Crippen LogP contribution in [0.5, 0.6) is 0 Å². The number of rotatable bonds is 5. The van der Waals surface area contributed by atoms with Crippen LogP contribution in [0.25, 0.3) is 10.6 Å². The maximum atomic E-state index is 12.9. The first-order chi connectivity index (χ1) is 11.1. The molecule has 0 saturated heterocycles. The van der Waals surface area contributed by atoms with E-state index in [4.69, 9.17) is 4.42 Å². The first-order valence-electron chi connectivity index (χ1n) is 6.84. The number of carbonyl (C=O) groups is 1. The normalized spacial score (nSPS) is 12.1. The van der Waals surface area contributed by atoms with E-state index in [-0.39, 0.29) is 24.0 Å². The first-order valence-corrected chi connectivity index (χ1v) is 7.72. The topological polar surface area (TPSA) is 75.4 Å². The van der Waals surface area contributed by atoms with Crippen molar-refractivity contribution in [3.63, 3.8) is 0 Å². The number of halogens is 1. The molecule has 0 fully saturated rings. The minimum Gasteiger partial charge on any atom is -0.467 e. The van der Waals surface area contributed by atoms with Gasteiger partial charge in [-0.2, -0.15) is 0 Å². The molecule has 0 saturated carbocycles. The van der Waals surface area contributed by atoms with Crippen LogP contribution in [0.1, 0.15) is 22.4 Å². The summed E-state index contributed by atoms with van der Waals surface area (Å²) < 4.78 is 18.0. The smallest absolute Gasteiger partial charge is 0.270 e. The number of nitrogens with zero attached hydrogens (tertiary/aromatic N) is 1. The van der Waals surface area contributed by atoms with Crippen LogP contribution in [-0.2, 0) is 0 Å². The predicted octanol–water partition coefficient (Wildman–Crippen LogP) is 3.01. The number of aliphatic hydroxyl groups is 1. The molecule has 2 heterocycles. The van der Waals surface area contributed by atoms with E-state index in [9.17, 15) is 14.3 Å². The van der Waals surface area contributed by atoms with Gasteiger partial charge in [-0.05, 0) is 36.4 Å². The molecular weight excluding hydrogens is 319 g/mol. The summed E-state index contributed by atoms with van der Waals surface area (Å²) in [5.41, 5.74) is 0.993. The highest BCUT2D eigenvalue weighted by atomic mass is 32.1. The molecule has 5 nitrogen and oxygen atoms in total. The molecule has 0 bridgehead atoms. The van der Waals surface area contributed by atoms with E-state index < -0.39 is 6.10 Å². The van der Waals surface area contributed by atoms with Crippen LogP contribution in [0.3, 0.4) is 0 Å². The van der Waals surface area contributed by atoms with Crippen molar-refractivity contribution in [1.82, 2.24) is 10.3 Å². The third kappa shape index (κ3) is 3.64. The van der Waals surface area contributed by atoms with E-state index in [1.807, 2.05) is 0 Å². The molecule has 7 heteroatoms. The molecule has 3 aromatic rings. The first kappa shape index (κ1) is 15.4. The molecule has 1 atom stereocenters. The van der Waals surface area contributed by atoms with E-state index in [0.29, 0.717) is 10.8 Å². The Labute approximate surface area is 135 Å². The van der Waals surface area contributed by atoms with Gasteiger partial charge in [0.15, 0.2) is 0 Å². The largest absolute Gasteiger partial charge is 0.467 e. The highest BCUT2D eigenvalue weighted by Gasteiger charge is 2.15. The van der Waals surface area contributed by atoms with Crippen LogP contribution in [0.15, 0.2) is 52.5 Å². The van der Waals surface area contributed by atoms with Crippen molar-refractivity contribution in [3.8, 4) is 10.6 Å². The lowest BCUT2D eigenvalue weighted by molar-refractivity contribution is 0.0897. The zero-order chi connectivity index (χ0) is 16.2. The fourth-order valence-corrected chi connectivity index (χ4v) is 2.77. The lowest BCUT2D eigenvalue weighted by Crippen LogP contribution is -2.28. The van der Waals surface area contributed by atoms with Gasteiger partial charge in [0.1, 0.15) is 28.4 Å². The van der Waals surface area contributed by atoms with Gasteiger partial charge in [-0.15, -0.1) is 11.3 Å². The zero-order valence-electron chi connectivity index (χ0n) is 11.9. The summed E-state index contributed by atoms with van der Waals surface area (Å²) in [5, 5.41) is 14.7. The number of aromatic nitrogens is 1. The summed E-state index contributed by atoms with van der Waals surface area (Å²) in [7, 11) is 0. The second-order valence-corrected chi connectivity index (χ2v) is 5.64. The Bertz CT molecular complexity index is 784. The number of carbonyl (C=O) groups excluding carboxylic acids is 1. The van der Waals surface area contributed by atoms with E-state index in [1.165, 1.54) is 29.7 Å². The van der Waals surface area contributed by atoms with Crippen LogP contribution < -0.4 is 5.32 Å². The van der Waals surface area contributed by atoms with Gasteiger partial charge < -0.3 is 14.8 Å². The molecule has 1 unspecified atom stereocenters. The van der Waals surface area contributed by atoms with E-state index >= 15 is 0 Å². The zero-order valence-corrected chi connectivity index (χ0v) is 12.7. The van der Waals surface area contributed by atoms with Crippen LogP contribution >= 0.6 is 11.3 Å². The van der Waals surface area contributed by atoms with E-state index in [0.717, 1.165) is 5.56 Å². The number of amides is 1. The molecule has 2 N–H and O–H groups in total. The number of benzene rings is 1. The quantitative estimate of drug-likeness (QED) is 0.753. The highest BCUT2D eigenvalue weighted by Crippen LogP contribution is 2.24. The van der Waals surface area contributed by atoms with Gasteiger partial charge in [0.25, 0.3) is 5.91 Å². The Morgan fingerprint density at radius 3 is 2.83 bits per heavy atom. The molecule has 3 rings (SSSR count). The monoisotopic (exact) mass is 332 g/mol. The van der Waals surface area contributed by atoms with Crippen LogP contribution in [0, 0.1) is 5.82 Å². The number of furan rings is 1. The molecule has 0 spiro atoms. The molecule has 23 heavy (non-hydrogen) atoms. The van der Waals surface area contributed by atoms with Crippen LogP contribution in [0.2, 0.25) is 0 Å². The Balaban J connectivity index is 1.63. The fraction of sp³-hybridized carbons (Fsp3) is 0.125. The van der Waals surface area contributed by atoms with Crippen molar-refractivity contribution in [1.29, 1.82) is 0 Å². The summed E-state index contributed by atoms with van der Waals surface area (Å²) >= 11 is 1.29. The molecule has 0 aliphatic heterocycles. The van der Waals surface area contributed by atoms with Crippen molar-refractivity contribution >= 4 is 17.2 Å². The Morgan fingerprint density at radius 2 is 2.13 bits per heavy atom. The Hall–Kier alpha value is -2.51. The third-order valence-corrected chi connectivity index (χ3v) is 4.05. The van der Waals surface area contributed by atoms with Crippen molar-refractivity contribution < 1.29 is 18.7 Å². The number of hydrogen-bond donors (Lipinski definition) is 2. The summed E-state index contributed by atoms with van der Waals surface area (Å²) in [4.78, 5) is 16.3. The van der Waals surface area contributed by atoms with Gasteiger partial charge in [0.2, 0.25) is 0 Å². The summed E-state index contributed by atoms with van der Waals surface area (Å²) in [6.07, 6.45) is 0.541. The second kappa shape index (κ2) is 6.72. The van der Waals surface area contributed by atoms with Crippen LogP contribution in [0.4, 0.5) is 4.39 Å². The van der Waals surface area contributed by atoms with Gasteiger partial charge in [0.05, 0.1) is 12.8 Å². The van der Waals surface area contributed by atoms with E-state index in [1.54, 1.807) is 29.6 Å². The fourth-order valence-electron chi connectivity index (χ4n) is 1.96. The minimum absolute atomic E-state index is 0.0236. The molecule has 2 aromatic heterocycles. The standard InChI is InChI=1S/C16H13FN2O3S/c17-11-5-3-10(4-6-11)16-19-12(9-23-16)15(21)18-8-13(20)14-2-1-7-22-14/h1-7,9,13,20H,8H2,(H,18,21). The van der Waals surface area contributed by atoms with Gasteiger partial charge in [0, 0.05) is 10.9 Å². The Kier molecular flexibility index (Phi) is 4.50. The van der Waals surface area contributed by atoms with Gasteiger partial charge >= 0.3 is 0 Å². The maximum absolute atomic E-state index is 12.9. The minimum atomic E-state index is -0.913. The van der Waals surface area contributed by atoms with Crippen molar-refractivity contribution in [3.05, 3.63) is 65.3 Å². The second-order valence-electron chi connectivity index (χ2n) is 4.79. The average molecular weight is 332 g/mol. The molecule has 0 radical (unpaired) electrons. The van der Waals surface area contributed by atoms with E-state index in [2.05, 4.69) is 10.3 Å². The highest BCUT2D eigenvalue weighted by molar-refractivity contribution is 7.13. The number of thiazole rings is 1. The van der Waals surface area contributed by atoms with Gasteiger partial charge in [-0.25, -0.2) is 9.37 Å². The van der Waals surface area contributed by atoms with Crippen molar-refractivity contribution in [2.24, 2.45) is 0 Å². The summed E-state index contributed by atoms with van der Waals surface area (Å²) in [6.45, 7) is 0.0236. The predicted molar refractivity (Wildman–Crippen MR) is 83.5 cm³/mol. The molecule has 1 aromatic carbocycles. The van der Waals surface area contributed by atoms with Crippen LogP contribution in [-0.4, -0.2) is 22.5 Å². The Morgan fingerprint density at radius 1 is 1.35 bits per heavy atom. The molecule has 1 amide bonds. The van der Waals surface area contributed by atoms with Crippen molar-refractivity contribution in [2.75, 3.05) is 6.54 Å². The lowest BCUT2D eigenvalue weighted by atomic mass is 10.2. The lowest BCUT2D eigenvalue weighted by Gasteiger charge is -2.08. The van der Waals surface area contributed by atoms with Gasteiger partial charge in [-0.1, -0.05) is 0 Å². The molecule has 0 aliphatic rings. The molecule has 118 valence electrons.